The molecule has 20 heavy (non-hydrogen) atoms. The number of carboxylic acids is 2. The molecular weight excluding hydrogens is 334 g/mol. The fourth-order valence-electron chi connectivity index (χ4n) is 1.32. The number of rotatable bonds is 7. The molecule has 0 aliphatic rings. The average Bonchev–Trinajstić information content (AvgIpc) is 2.77. The van der Waals surface area contributed by atoms with E-state index in [1.807, 2.05) is 0 Å². The first-order valence-corrected chi connectivity index (χ1v) is 6.36. The number of hydrogen-bond acceptors (Lipinski definition) is 4. The fourth-order valence-corrected chi connectivity index (χ4v) is 1.64. The van der Waals surface area contributed by atoms with Crippen molar-refractivity contribution < 1.29 is 29.0 Å². The molecule has 1 amide bonds. The van der Waals surface area contributed by atoms with E-state index in [2.05, 4.69) is 21.2 Å². The van der Waals surface area contributed by atoms with E-state index < -0.39 is 23.9 Å². The van der Waals surface area contributed by atoms with E-state index in [1.165, 1.54) is 6.08 Å². The summed E-state index contributed by atoms with van der Waals surface area (Å²) in [5, 5.41) is 19.6. The molecule has 0 aromatic carbocycles. The second-order valence-electron chi connectivity index (χ2n) is 3.81. The van der Waals surface area contributed by atoms with Gasteiger partial charge in [-0.15, -0.1) is 0 Å². The molecule has 0 spiro atoms. The van der Waals surface area contributed by atoms with Gasteiger partial charge in [-0.3, -0.25) is 9.59 Å². The molecule has 0 radical (unpaired) electrons. The molecule has 1 aromatic rings. The third-order valence-electron chi connectivity index (χ3n) is 2.25. The van der Waals surface area contributed by atoms with Crippen LogP contribution in [-0.4, -0.2) is 34.1 Å². The van der Waals surface area contributed by atoms with Crippen molar-refractivity contribution in [2.24, 2.45) is 0 Å². The van der Waals surface area contributed by atoms with Crippen LogP contribution >= 0.6 is 15.9 Å². The van der Waals surface area contributed by atoms with Gasteiger partial charge in [-0.05, 0) is 40.6 Å². The van der Waals surface area contributed by atoms with Gasteiger partial charge in [-0.25, -0.2) is 4.79 Å². The Morgan fingerprint density at radius 3 is 2.55 bits per heavy atom. The largest absolute Gasteiger partial charge is 0.481 e. The Morgan fingerprint density at radius 1 is 1.35 bits per heavy atom. The molecule has 1 atom stereocenters. The van der Waals surface area contributed by atoms with E-state index in [4.69, 9.17) is 14.6 Å². The van der Waals surface area contributed by atoms with Gasteiger partial charge in [-0.2, -0.15) is 0 Å². The van der Waals surface area contributed by atoms with Gasteiger partial charge in [0.2, 0.25) is 5.91 Å². The highest BCUT2D eigenvalue weighted by atomic mass is 79.9. The molecule has 0 fully saturated rings. The van der Waals surface area contributed by atoms with Crippen molar-refractivity contribution in [3.63, 3.8) is 0 Å². The van der Waals surface area contributed by atoms with Crippen LogP contribution in [0.15, 0.2) is 27.3 Å². The van der Waals surface area contributed by atoms with Crippen molar-refractivity contribution in [3.8, 4) is 0 Å². The number of carboxylic acid groups (broad SMARTS) is 2. The molecular formula is C12H12BrNO6. The van der Waals surface area contributed by atoms with Crippen molar-refractivity contribution >= 4 is 39.9 Å². The predicted octanol–water partition coefficient (Wildman–Crippen LogP) is 1.49. The molecule has 1 heterocycles. The lowest BCUT2D eigenvalue weighted by molar-refractivity contribution is -0.142. The smallest absolute Gasteiger partial charge is 0.326 e. The number of halogens is 1. The summed E-state index contributed by atoms with van der Waals surface area (Å²) < 4.78 is 5.62. The van der Waals surface area contributed by atoms with Crippen LogP contribution in [-0.2, 0) is 14.4 Å². The summed E-state index contributed by atoms with van der Waals surface area (Å²) in [6.45, 7) is 0. The van der Waals surface area contributed by atoms with Gasteiger partial charge in [0.05, 0.1) is 0 Å². The second-order valence-corrected chi connectivity index (χ2v) is 4.59. The number of nitrogens with one attached hydrogen (secondary N) is 1. The van der Waals surface area contributed by atoms with Gasteiger partial charge >= 0.3 is 11.9 Å². The molecule has 0 saturated heterocycles. The zero-order chi connectivity index (χ0) is 15.1. The highest BCUT2D eigenvalue weighted by molar-refractivity contribution is 9.10. The molecule has 0 bridgehead atoms. The Bertz CT molecular complexity index is 536. The van der Waals surface area contributed by atoms with E-state index in [-0.39, 0.29) is 12.8 Å². The molecule has 108 valence electrons. The van der Waals surface area contributed by atoms with E-state index in [1.54, 1.807) is 12.1 Å². The van der Waals surface area contributed by atoms with Gasteiger partial charge in [0.1, 0.15) is 11.8 Å². The molecule has 7 nitrogen and oxygen atoms in total. The van der Waals surface area contributed by atoms with Crippen molar-refractivity contribution in [1.82, 2.24) is 5.32 Å². The summed E-state index contributed by atoms with van der Waals surface area (Å²) in [7, 11) is 0. The van der Waals surface area contributed by atoms with Crippen LogP contribution in [0.1, 0.15) is 18.6 Å². The van der Waals surface area contributed by atoms with Crippen molar-refractivity contribution in [2.45, 2.75) is 18.9 Å². The Balaban J connectivity index is 2.55. The number of carbonyl (C=O) groups excluding carboxylic acids is 1. The maximum Gasteiger partial charge on any atom is 0.326 e. The lowest BCUT2D eigenvalue weighted by Gasteiger charge is -2.11. The van der Waals surface area contributed by atoms with Crippen LogP contribution in [0.2, 0.25) is 0 Å². The van der Waals surface area contributed by atoms with E-state index in [0.29, 0.717) is 10.4 Å². The second kappa shape index (κ2) is 7.49. The third kappa shape index (κ3) is 5.70. The van der Waals surface area contributed by atoms with Crippen LogP contribution in [0, 0.1) is 0 Å². The van der Waals surface area contributed by atoms with Crippen molar-refractivity contribution in [3.05, 3.63) is 28.6 Å². The van der Waals surface area contributed by atoms with Crippen LogP contribution in [0.5, 0.6) is 0 Å². The van der Waals surface area contributed by atoms with E-state index in [9.17, 15) is 14.4 Å². The van der Waals surface area contributed by atoms with Crippen molar-refractivity contribution in [1.29, 1.82) is 0 Å². The molecule has 0 aliphatic carbocycles. The first kappa shape index (κ1) is 16.0. The van der Waals surface area contributed by atoms with Crippen LogP contribution < -0.4 is 5.32 Å². The number of furan rings is 1. The summed E-state index contributed by atoms with van der Waals surface area (Å²) in [6, 6.07) is 2.02. The van der Waals surface area contributed by atoms with Crippen LogP contribution in [0.3, 0.4) is 0 Å². The minimum absolute atomic E-state index is 0.184. The summed E-state index contributed by atoms with van der Waals surface area (Å²) in [5.41, 5.74) is 0. The fraction of sp³-hybridized carbons (Fsp3) is 0.250. The average molecular weight is 346 g/mol. The zero-order valence-electron chi connectivity index (χ0n) is 10.2. The van der Waals surface area contributed by atoms with Crippen molar-refractivity contribution in [2.75, 3.05) is 0 Å². The summed E-state index contributed by atoms with van der Waals surface area (Å²) in [4.78, 5) is 32.8. The molecule has 1 aromatic heterocycles. The normalized spacial score (nSPS) is 12.2. The molecule has 0 saturated carbocycles. The Morgan fingerprint density at radius 2 is 2.05 bits per heavy atom. The number of amides is 1. The van der Waals surface area contributed by atoms with Gasteiger partial charge in [0, 0.05) is 12.5 Å². The predicted molar refractivity (Wildman–Crippen MR) is 71.9 cm³/mol. The van der Waals surface area contributed by atoms with Crippen LogP contribution in [0.4, 0.5) is 0 Å². The molecule has 3 N–H and O–H groups in total. The highest BCUT2D eigenvalue weighted by Gasteiger charge is 2.19. The highest BCUT2D eigenvalue weighted by Crippen LogP contribution is 2.14. The maximum atomic E-state index is 11.5. The minimum Gasteiger partial charge on any atom is -0.481 e. The SMILES string of the molecule is O=C(O)CCC(NC(=O)/C=C/c1ccc(Br)o1)C(=O)O. The topological polar surface area (TPSA) is 117 Å². The van der Waals surface area contributed by atoms with Gasteiger partial charge in [0.25, 0.3) is 0 Å². The maximum absolute atomic E-state index is 11.5. The van der Waals surface area contributed by atoms with E-state index >= 15 is 0 Å². The summed E-state index contributed by atoms with van der Waals surface area (Å²) in [6.07, 6.45) is 1.96. The number of carbonyl (C=O) groups is 3. The van der Waals surface area contributed by atoms with Crippen LogP contribution in [0.25, 0.3) is 6.08 Å². The summed E-state index contributed by atoms with van der Waals surface area (Å²) in [5.74, 6) is -2.63. The number of aliphatic carboxylic acids is 2. The Labute approximate surface area is 122 Å². The first-order valence-electron chi connectivity index (χ1n) is 5.57. The minimum atomic E-state index is -1.28. The standard InChI is InChI=1S/C12H12BrNO6/c13-9-4-1-7(20-9)2-5-10(15)14-8(12(18)19)3-6-11(16)17/h1-2,4-5,8H,3,6H2,(H,14,15)(H,16,17)(H,18,19)/b5-2+. The first-order chi connectivity index (χ1) is 9.38. The quantitative estimate of drug-likeness (QED) is 0.644. The Hall–Kier alpha value is -2.09. The van der Waals surface area contributed by atoms with Gasteiger partial charge in [0.15, 0.2) is 4.67 Å². The molecule has 8 heteroatoms. The summed E-state index contributed by atoms with van der Waals surface area (Å²) >= 11 is 3.10. The van der Waals surface area contributed by atoms with E-state index in [0.717, 1.165) is 6.08 Å². The molecule has 1 unspecified atom stereocenters. The number of hydrogen-bond donors (Lipinski definition) is 3. The lowest BCUT2D eigenvalue weighted by Crippen LogP contribution is -2.40. The van der Waals surface area contributed by atoms with Gasteiger partial charge < -0.3 is 19.9 Å². The molecule has 0 aliphatic heterocycles. The molecule has 1 rings (SSSR count). The van der Waals surface area contributed by atoms with Gasteiger partial charge in [-0.1, -0.05) is 0 Å². The third-order valence-corrected chi connectivity index (χ3v) is 2.68. The lowest BCUT2D eigenvalue weighted by atomic mass is 10.1. The monoisotopic (exact) mass is 345 g/mol. The zero-order valence-corrected chi connectivity index (χ0v) is 11.8. The Kier molecular flexibility index (Phi) is 5.98.